The van der Waals surface area contributed by atoms with Gasteiger partial charge in [0.2, 0.25) is 0 Å². The number of fused-ring (bicyclic) bond motifs is 1. The van der Waals surface area contributed by atoms with Crippen LogP contribution in [0.25, 0.3) is 10.3 Å². The number of ether oxygens (including phenoxy) is 2. The van der Waals surface area contributed by atoms with Gasteiger partial charge in [-0.3, -0.25) is 4.90 Å². The minimum Gasteiger partial charge on any atom is -0.444 e. The Bertz CT molecular complexity index is 1010. The molecule has 0 bridgehead atoms. The van der Waals surface area contributed by atoms with Gasteiger partial charge in [-0.2, -0.15) is 4.98 Å². The number of carbonyl (C=O) groups excluding carboxylic acids is 1. The normalized spacial score (nSPS) is 19.9. The molecule has 33 heavy (non-hydrogen) atoms. The third-order valence-corrected chi connectivity index (χ3v) is 6.85. The Morgan fingerprint density at radius 1 is 1.15 bits per heavy atom. The van der Waals surface area contributed by atoms with Gasteiger partial charge in [0.1, 0.15) is 5.60 Å². The van der Waals surface area contributed by atoms with Crippen molar-refractivity contribution in [3.05, 3.63) is 6.07 Å². The van der Waals surface area contributed by atoms with Crippen LogP contribution < -0.4 is 15.5 Å². The van der Waals surface area contributed by atoms with E-state index in [-0.39, 0.29) is 17.7 Å². The summed E-state index contributed by atoms with van der Waals surface area (Å²) in [6.07, 6.45) is 0.541. The summed E-state index contributed by atoms with van der Waals surface area (Å²) in [4.78, 5) is 28.9. The molecular formula is C23H36N6O3S. The minimum absolute atomic E-state index is 0.0103. The Morgan fingerprint density at radius 2 is 1.85 bits per heavy atom. The predicted molar refractivity (Wildman–Crippen MR) is 133 cm³/mol. The molecule has 10 heteroatoms. The predicted octanol–water partition coefficient (Wildman–Crippen LogP) is 3.72. The van der Waals surface area contributed by atoms with Gasteiger partial charge < -0.3 is 25.0 Å². The summed E-state index contributed by atoms with van der Waals surface area (Å²) in [5.74, 6) is 0.738. The van der Waals surface area contributed by atoms with Crippen molar-refractivity contribution in [1.82, 2.24) is 14.9 Å². The Hall–Kier alpha value is -2.33. The van der Waals surface area contributed by atoms with Gasteiger partial charge in [-0.15, -0.1) is 0 Å². The smallest absolute Gasteiger partial charge is 0.411 e. The number of nitrogens with two attached hydrogens (primary N) is 1. The molecule has 2 N–H and O–H groups in total. The van der Waals surface area contributed by atoms with E-state index in [4.69, 9.17) is 25.2 Å². The lowest BCUT2D eigenvalue weighted by molar-refractivity contribution is -0.00471. The zero-order chi connectivity index (χ0) is 24.0. The first-order valence-electron chi connectivity index (χ1n) is 11.6. The highest BCUT2D eigenvalue weighted by atomic mass is 32.1. The molecule has 0 unspecified atom stereocenters. The standard InChI is InChI=1S/C23H36N6O3S/c1-22(2,3)29(21(30)32-23(4,5)6)15-7-8-28(14-15)19-16(24)13-17-18(25-19)26-20(33-17)27-9-11-31-12-10-27/h13,15H,7-12,14,24H2,1-6H3/t15-/m0/s1. The van der Waals surface area contributed by atoms with E-state index in [1.807, 2.05) is 52.5 Å². The van der Waals surface area contributed by atoms with E-state index in [0.29, 0.717) is 31.1 Å². The van der Waals surface area contributed by atoms with E-state index >= 15 is 0 Å². The number of nitrogen functional groups attached to an aromatic ring is 1. The van der Waals surface area contributed by atoms with Gasteiger partial charge in [-0.05, 0) is 54.0 Å². The summed E-state index contributed by atoms with van der Waals surface area (Å²) in [5, 5.41) is 0.959. The van der Waals surface area contributed by atoms with Crippen LogP contribution >= 0.6 is 11.3 Å². The second kappa shape index (κ2) is 8.79. The lowest BCUT2D eigenvalue weighted by Gasteiger charge is -2.40. The number of hydrogen-bond acceptors (Lipinski definition) is 9. The molecule has 2 aromatic heterocycles. The molecule has 182 valence electrons. The second-order valence-corrected chi connectivity index (χ2v) is 11.7. The van der Waals surface area contributed by atoms with Crippen molar-refractivity contribution in [3.63, 3.8) is 0 Å². The Morgan fingerprint density at radius 3 is 2.48 bits per heavy atom. The fraction of sp³-hybridized carbons (Fsp3) is 0.696. The SMILES string of the molecule is CC(C)(C)OC(=O)N([C@H]1CCN(c2nc3nc(N4CCOCC4)sc3cc2N)C1)C(C)(C)C. The number of carbonyl (C=O) groups is 1. The molecule has 4 rings (SSSR count). The van der Waals surface area contributed by atoms with Gasteiger partial charge in [0.05, 0.1) is 29.6 Å². The summed E-state index contributed by atoms with van der Waals surface area (Å²) in [6.45, 7) is 16.3. The van der Waals surface area contributed by atoms with Crippen LogP contribution in [0.4, 0.5) is 21.4 Å². The molecule has 2 aliphatic rings. The molecule has 9 nitrogen and oxygen atoms in total. The third-order valence-electron chi connectivity index (χ3n) is 5.80. The average molecular weight is 477 g/mol. The van der Waals surface area contributed by atoms with E-state index in [1.54, 1.807) is 11.3 Å². The zero-order valence-corrected chi connectivity index (χ0v) is 21.4. The van der Waals surface area contributed by atoms with Crippen LogP contribution in [-0.2, 0) is 9.47 Å². The van der Waals surface area contributed by atoms with Crippen LogP contribution in [0.5, 0.6) is 0 Å². The van der Waals surface area contributed by atoms with Gasteiger partial charge in [0, 0.05) is 31.7 Å². The minimum atomic E-state index is -0.543. The van der Waals surface area contributed by atoms with E-state index in [0.717, 1.165) is 41.7 Å². The average Bonchev–Trinajstić information content (AvgIpc) is 3.32. The molecule has 1 atom stereocenters. The van der Waals surface area contributed by atoms with E-state index in [9.17, 15) is 4.79 Å². The van der Waals surface area contributed by atoms with Crippen molar-refractivity contribution in [2.75, 3.05) is 54.9 Å². The van der Waals surface area contributed by atoms with Crippen LogP contribution in [0.15, 0.2) is 6.07 Å². The maximum atomic E-state index is 13.1. The molecule has 0 spiro atoms. The second-order valence-electron chi connectivity index (χ2n) is 10.7. The van der Waals surface area contributed by atoms with Crippen LogP contribution in [0, 0.1) is 0 Å². The van der Waals surface area contributed by atoms with Crippen molar-refractivity contribution in [1.29, 1.82) is 0 Å². The number of hydrogen-bond donors (Lipinski definition) is 1. The number of aromatic nitrogens is 2. The molecule has 0 radical (unpaired) electrons. The molecular weight excluding hydrogens is 440 g/mol. The van der Waals surface area contributed by atoms with E-state index < -0.39 is 5.60 Å². The first-order chi connectivity index (χ1) is 15.4. The first kappa shape index (κ1) is 23.8. The number of pyridine rings is 1. The highest BCUT2D eigenvalue weighted by Gasteiger charge is 2.40. The Balaban J connectivity index is 1.55. The topological polar surface area (TPSA) is 97.0 Å². The summed E-state index contributed by atoms with van der Waals surface area (Å²) >= 11 is 1.62. The van der Waals surface area contributed by atoms with Crippen LogP contribution in [-0.4, -0.2) is 77.5 Å². The van der Waals surface area contributed by atoms with Gasteiger partial charge in [0.25, 0.3) is 0 Å². The van der Waals surface area contributed by atoms with Crippen molar-refractivity contribution in [2.45, 2.75) is 65.1 Å². The number of thiazole rings is 1. The Labute approximate surface area is 199 Å². The monoisotopic (exact) mass is 476 g/mol. The summed E-state index contributed by atoms with van der Waals surface area (Å²) in [7, 11) is 0. The fourth-order valence-electron chi connectivity index (χ4n) is 4.43. The molecule has 0 saturated carbocycles. The first-order valence-corrected chi connectivity index (χ1v) is 12.4. The number of rotatable bonds is 3. The van der Waals surface area contributed by atoms with Gasteiger partial charge in [-0.25, -0.2) is 9.78 Å². The number of amides is 1. The fourth-order valence-corrected chi connectivity index (χ4v) is 5.44. The molecule has 0 aliphatic carbocycles. The maximum Gasteiger partial charge on any atom is 0.411 e. The van der Waals surface area contributed by atoms with Crippen molar-refractivity contribution in [3.8, 4) is 0 Å². The van der Waals surface area contributed by atoms with Gasteiger partial charge >= 0.3 is 6.09 Å². The number of anilines is 3. The van der Waals surface area contributed by atoms with Crippen LogP contribution in [0.1, 0.15) is 48.0 Å². The highest BCUT2D eigenvalue weighted by Crippen LogP contribution is 2.35. The lowest BCUT2D eigenvalue weighted by Crippen LogP contribution is -2.54. The van der Waals surface area contributed by atoms with Gasteiger partial charge in [-0.1, -0.05) is 11.3 Å². The summed E-state index contributed by atoms with van der Waals surface area (Å²) < 4.78 is 12.2. The van der Waals surface area contributed by atoms with Crippen LogP contribution in [0.3, 0.4) is 0 Å². The molecule has 2 aliphatic heterocycles. The van der Waals surface area contributed by atoms with Crippen molar-refractivity contribution in [2.24, 2.45) is 0 Å². The largest absolute Gasteiger partial charge is 0.444 e. The highest BCUT2D eigenvalue weighted by molar-refractivity contribution is 7.22. The Kier molecular flexibility index (Phi) is 6.34. The van der Waals surface area contributed by atoms with E-state index in [2.05, 4.69) is 9.80 Å². The molecule has 4 heterocycles. The molecule has 1 amide bonds. The quantitative estimate of drug-likeness (QED) is 0.716. The number of nitrogens with zero attached hydrogens (tertiary/aromatic N) is 5. The summed E-state index contributed by atoms with van der Waals surface area (Å²) in [5.41, 5.74) is 6.89. The third kappa shape index (κ3) is 5.27. The molecule has 2 saturated heterocycles. The van der Waals surface area contributed by atoms with Gasteiger partial charge in [0.15, 0.2) is 16.6 Å². The summed E-state index contributed by atoms with van der Waals surface area (Å²) in [6, 6.07) is 1.98. The molecule has 2 aromatic rings. The van der Waals surface area contributed by atoms with E-state index in [1.165, 1.54) is 0 Å². The van der Waals surface area contributed by atoms with Crippen LogP contribution in [0.2, 0.25) is 0 Å². The molecule has 0 aromatic carbocycles. The molecule has 2 fully saturated rings. The van der Waals surface area contributed by atoms with Crippen molar-refractivity contribution < 1.29 is 14.3 Å². The zero-order valence-electron chi connectivity index (χ0n) is 20.6. The lowest BCUT2D eigenvalue weighted by atomic mass is 10.0. The number of morpholine rings is 1. The maximum absolute atomic E-state index is 13.1. The van der Waals surface area contributed by atoms with Crippen molar-refractivity contribution >= 4 is 44.4 Å².